The van der Waals surface area contributed by atoms with Gasteiger partial charge in [-0.25, -0.2) is 8.78 Å². The summed E-state index contributed by atoms with van der Waals surface area (Å²) >= 11 is 0. The van der Waals surface area contributed by atoms with E-state index in [0.717, 1.165) is 0 Å². The standard InChI is InChI=1S/C15H10F2O2S/c1-20(18)15-12-8-11(17)6-7-13(12)19-14(15)9-2-4-10(16)5-3-9/h2-8H,1H3/t20-/m0/s1. The van der Waals surface area contributed by atoms with Gasteiger partial charge in [0, 0.05) is 17.2 Å². The molecular weight excluding hydrogens is 282 g/mol. The molecule has 3 aromatic rings. The van der Waals surface area contributed by atoms with Crippen molar-refractivity contribution in [2.75, 3.05) is 6.26 Å². The topological polar surface area (TPSA) is 30.2 Å². The number of benzene rings is 2. The molecule has 0 amide bonds. The average Bonchev–Trinajstić information content (AvgIpc) is 2.78. The van der Waals surface area contributed by atoms with Crippen molar-refractivity contribution in [1.82, 2.24) is 0 Å². The summed E-state index contributed by atoms with van der Waals surface area (Å²) in [6.45, 7) is 0. The first-order valence-corrected chi connectivity index (χ1v) is 7.43. The summed E-state index contributed by atoms with van der Waals surface area (Å²) in [6.07, 6.45) is 1.50. The van der Waals surface area contributed by atoms with Crippen LogP contribution in [0.1, 0.15) is 0 Å². The number of halogens is 2. The van der Waals surface area contributed by atoms with Gasteiger partial charge in [0.1, 0.15) is 17.2 Å². The SMILES string of the molecule is C[S@](=O)c1c(-c2ccc(F)cc2)oc2ccc(F)cc12. The highest BCUT2D eigenvalue weighted by atomic mass is 32.2. The van der Waals surface area contributed by atoms with Gasteiger partial charge >= 0.3 is 0 Å². The second-order valence-corrected chi connectivity index (χ2v) is 5.68. The van der Waals surface area contributed by atoms with Crippen molar-refractivity contribution in [2.24, 2.45) is 0 Å². The Morgan fingerprint density at radius 2 is 1.65 bits per heavy atom. The summed E-state index contributed by atoms with van der Waals surface area (Å²) in [5.41, 5.74) is 1.06. The molecule has 2 nitrogen and oxygen atoms in total. The van der Waals surface area contributed by atoms with Crippen molar-refractivity contribution in [3.05, 3.63) is 54.1 Å². The Morgan fingerprint density at radius 3 is 2.30 bits per heavy atom. The van der Waals surface area contributed by atoms with E-state index in [2.05, 4.69) is 0 Å². The molecule has 0 saturated heterocycles. The third-order valence-corrected chi connectivity index (χ3v) is 3.98. The van der Waals surface area contributed by atoms with Gasteiger partial charge in [0.2, 0.25) is 0 Å². The lowest BCUT2D eigenvalue weighted by molar-refractivity contribution is 0.613. The van der Waals surface area contributed by atoms with Crippen LogP contribution >= 0.6 is 0 Å². The number of rotatable bonds is 2. The summed E-state index contributed by atoms with van der Waals surface area (Å²) in [4.78, 5) is 0.422. The lowest BCUT2D eigenvalue weighted by Gasteiger charge is -2.00. The minimum Gasteiger partial charge on any atom is -0.455 e. The molecule has 20 heavy (non-hydrogen) atoms. The van der Waals surface area contributed by atoms with Crippen LogP contribution in [0.2, 0.25) is 0 Å². The van der Waals surface area contributed by atoms with Gasteiger partial charge in [-0.15, -0.1) is 0 Å². The second-order valence-electron chi connectivity index (χ2n) is 4.36. The fourth-order valence-electron chi connectivity index (χ4n) is 2.12. The highest BCUT2D eigenvalue weighted by molar-refractivity contribution is 7.84. The zero-order valence-corrected chi connectivity index (χ0v) is 11.3. The number of furan rings is 1. The van der Waals surface area contributed by atoms with Crippen molar-refractivity contribution in [3.8, 4) is 11.3 Å². The monoisotopic (exact) mass is 292 g/mol. The molecule has 0 fully saturated rings. The quantitative estimate of drug-likeness (QED) is 0.711. The highest BCUT2D eigenvalue weighted by Crippen LogP contribution is 2.36. The van der Waals surface area contributed by atoms with Gasteiger partial charge in [-0.2, -0.15) is 0 Å². The fourth-order valence-corrected chi connectivity index (χ4v) is 3.01. The van der Waals surface area contributed by atoms with Crippen molar-refractivity contribution in [2.45, 2.75) is 4.90 Å². The van der Waals surface area contributed by atoms with Gasteiger partial charge in [-0.05, 0) is 42.5 Å². The molecule has 5 heteroatoms. The lowest BCUT2D eigenvalue weighted by Crippen LogP contribution is -1.89. The first-order chi connectivity index (χ1) is 9.56. The third kappa shape index (κ3) is 2.14. The van der Waals surface area contributed by atoms with Gasteiger partial charge < -0.3 is 4.42 Å². The number of fused-ring (bicyclic) bond motifs is 1. The second kappa shape index (κ2) is 4.83. The molecule has 1 heterocycles. The molecule has 0 bridgehead atoms. The van der Waals surface area contributed by atoms with Crippen LogP contribution in [0.4, 0.5) is 8.78 Å². The van der Waals surface area contributed by atoms with Crippen LogP contribution < -0.4 is 0 Å². The molecule has 3 rings (SSSR count). The first kappa shape index (κ1) is 13.0. The van der Waals surface area contributed by atoms with Gasteiger partial charge in [-0.1, -0.05) is 0 Å². The molecular formula is C15H10F2O2S. The van der Waals surface area contributed by atoms with E-state index in [-0.39, 0.29) is 5.82 Å². The normalized spacial score (nSPS) is 12.8. The zero-order chi connectivity index (χ0) is 14.3. The molecule has 0 saturated carbocycles. The van der Waals surface area contributed by atoms with E-state index in [1.165, 1.54) is 36.6 Å². The minimum absolute atomic E-state index is 0.366. The maximum atomic E-state index is 13.4. The summed E-state index contributed by atoms with van der Waals surface area (Å²) in [5.74, 6) is -0.405. The Labute approximate surface area is 116 Å². The van der Waals surface area contributed by atoms with E-state index in [0.29, 0.717) is 27.2 Å². The van der Waals surface area contributed by atoms with E-state index in [9.17, 15) is 13.0 Å². The Balaban J connectivity index is 2.32. The van der Waals surface area contributed by atoms with Crippen LogP contribution in [0.5, 0.6) is 0 Å². The molecule has 2 aromatic carbocycles. The Morgan fingerprint density at radius 1 is 1.00 bits per heavy atom. The summed E-state index contributed by atoms with van der Waals surface area (Å²) in [5, 5.41) is 0.477. The molecule has 0 aliphatic heterocycles. The van der Waals surface area contributed by atoms with E-state index in [1.807, 2.05) is 0 Å². The van der Waals surface area contributed by atoms with E-state index in [4.69, 9.17) is 4.42 Å². The van der Waals surface area contributed by atoms with E-state index in [1.54, 1.807) is 12.1 Å². The molecule has 102 valence electrons. The first-order valence-electron chi connectivity index (χ1n) is 5.87. The minimum atomic E-state index is -1.35. The van der Waals surface area contributed by atoms with Gasteiger partial charge in [-0.3, -0.25) is 4.21 Å². The van der Waals surface area contributed by atoms with Crippen LogP contribution in [-0.4, -0.2) is 10.5 Å². The van der Waals surface area contributed by atoms with Crippen molar-refractivity contribution < 1.29 is 17.4 Å². The summed E-state index contributed by atoms with van der Waals surface area (Å²) < 4.78 is 43.9. The van der Waals surface area contributed by atoms with Crippen molar-refractivity contribution in [3.63, 3.8) is 0 Å². The molecule has 1 atom stereocenters. The van der Waals surface area contributed by atoms with E-state index >= 15 is 0 Å². The average molecular weight is 292 g/mol. The smallest absolute Gasteiger partial charge is 0.151 e. The van der Waals surface area contributed by atoms with Crippen molar-refractivity contribution >= 4 is 21.8 Å². The van der Waals surface area contributed by atoms with Gasteiger partial charge in [0.05, 0.1) is 15.7 Å². The summed E-state index contributed by atoms with van der Waals surface area (Å²) in [6, 6.07) is 9.75. The van der Waals surface area contributed by atoms with Gasteiger partial charge in [0.25, 0.3) is 0 Å². The largest absolute Gasteiger partial charge is 0.455 e. The Kier molecular flexibility index (Phi) is 3.14. The summed E-state index contributed by atoms with van der Waals surface area (Å²) in [7, 11) is -1.35. The molecule has 0 spiro atoms. The molecule has 0 N–H and O–H groups in total. The highest BCUT2D eigenvalue weighted by Gasteiger charge is 2.19. The molecule has 0 aliphatic carbocycles. The molecule has 0 unspecified atom stereocenters. The number of hydrogen-bond acceptors (Lipinski definition) is 2. The lowest BCUT2D eigenvalue weighted by atomic mass is 10.1. The third-order valence-electron chi connectivity index (χ3n) is 3.00. The fraction of sp³-hybridized carbons (Fsp3) is 0.0667. The zero-order valence-electron chi connectivity index (χ0n) is 10.5. The van der Waals surface area contributed by atoms with Crippen LogP contribution in [0.25, 0.3) is 22.3 Å². The maximum Gasteiger partial charge on any atom is 0.151 e. The maximum absolute atomic E-state index is 13.4. The molecule has 0 aliphatic rings. The van der Waals surface area contributed by atoms with E-state index < -0.39 is 16.6 Å². The van der Waals surface area contributed by atoms with Crippen LogP contribution in [0.3, 0.4) is 0 Å². The predicted molar refractivity (Wildman–Crippen MR) is 73.9 cm³/mol. The Bertz CT molecular complexity index is 807. The Hall–Kier alpha value is -2.01. The predicted octanol–water partition coefficient (Wildman–Crippen LogP) is 4.12. The van der Waals surface area contributed by atoms with Crippen LogP contribution in [0, 0.1) is 11.6 Å². The van der Waals surface area contributed by atoms with Crippen molar-refractivity contribution in [1.29, 1.82) is 0 Å². The van der Waals surface area contributed by atoms with Crippen LogP contribution in [-0.2, 0) is 10.8 Å². The molecule has 1 aromatic heterocycles. The van der Waals surface area contributed by atoms with Crippen LogP contribution in [0.15, 0.2) is 51.8 Å². The molecule has 0 radical (unpaired) electrons. The number of hydrogen-bond donors (Lipinski definition) is 0. The van der Waals surface area contributed by atoms with Gasteiger partial charge in [0.15, 0.2) is 5.76 Å².